The maximum atomic E-state index is 4.78. The van der Waals surface area contributed by atoms with Crippen LogP contribution in [0.5, 0.6) is 5.88 Å². The Morgan fingerprint density at radius 1 is 1.44 bits per heavy atom. The van der Waals surface area contributed by atoms with Crippen molar-refractivity contribution in [1.82, 2.24) is 15.4 Å². The highest BCUT2D eigenvalue weighted by molar-refractivity contribution is 5.08. The molecule has 0 saturated carbocycles. The number of methoxy groups -OCH3 is 1. The molecule has 0 aromatic carbocycles. The number of hydrogen-bond donors (Lipinski definition) is 0. The van der Waals surface area contributed by atoms with Crippen molar-refractivity contribution >= 4 is 0 Å². The third kappa shape index (κ3) is 1.35. The molecule has 0 amide bonds. The van der Waals surface area contributed by atoms with Crippen molar-refractivity contribution in [3.63, 3.8) is 0 Å². The van der Waals surface area contributed by atoms with Crippen molar-refractivity contribution in [1.29, 1.82) is 0 Å². The van der Waals surface area contributed by atoms with Crippen LogP contribution < -0.4 is 4.74 Å². The fourth-order valence-corrected chi connectivity index (χ4v) is 0.473. The van der Waals surface area contributed by atoms with E-state index >= 15 is 0 Å². The van der Waals surface area contributed by atoms with E-state index in [1.807, 2.05) is 6.92 Å². The number of rotatable bonds is 1. The number of nitrogens with zero attached hydrogens (tertiary/aromatic N) is 3. The third-order valence-electron chi connectivity index (χ3n) is 0.887. The lowest BCUT2D eigenvalue weighted by Gasteiger charge is -1.93. The SMILES string of the molecule is COc1cc(C)nnn1. The largest absolute Gasteiger partial charge is 0.480 e. The second-order valence-corrected chi connectivity index (χ2v) is 1.62. The van der Waals surface area contributed by atoms with E-state index in [4.69, 9.17) is 4.74 Å². The Kier molecular flexibility index (Phi) is 1.58. The quantitative estimate of drug-likeness (QED) is 0.537. The van der Waals surface area contributed by atoms with Gasteiger partial charge in [0.15, 0.2) is 0 Å². The van der Waals surface area contributed by atoms with Crippen molar-refractivity contribution in [3.8, 4) is 5.88 Å². The van der Waals surface area contributed by atoms with Gasteiger partial charge in [-0.05, 0) is 12.1 Å². The zero-order valence-electron chi connectivity index (χ0n) is 5.33. The highest BCUT2D eigenvalue weighted by Gasteiger charge is 1.91. The lowest BCUT2D eigenvalue weighted by Crippen LogP contribution is -1.93. The van der Waals surface area contributed by atoms with Crippen LogP contribution in [-0.2, 0) is 0 Å². The second-order valence-electron chi connectivity index (χ2n) is 1.62. The van der Waals surface area contributed by atoms with Crippen LogP contribution in [0.15, 0.2) is 6.07 Å². The first kappa shape index (κ1) is 5.94. The predicted molar refractivity (Wildman–Crippen MR) is 31.1 cm³/mol. The molecule has 0 N–H and O–H groups in total. The molecule has 4 heteroatoms. The number of ether oxygens (including phenoxy) is 1. The van der Waals surface area contributed by atoms with Gasteiger partial charge in [-0.15, -0.1) is 5.10 Å². The van der Waals surface area contributed by atoms with Gasteiger partial charge in [0, 0.05) is 6.07 Å². The van der Waals surface area contributed by atoms with Gasteiger partial charge in [-0.1, -0.05) is 5.10 Å². The van der Waals surface area contributed by atoms with Gasteiger partial charge in [0.1, 0.15) is 0 Å². The van der Waals surface area contributed by atoms with E-state index < -0.39 is 0 Å². The maximum Gasteiger partial charge on any atom is 0.236 e. The molecule has 1 aromatic rings. The minimum absolute atomic E-state index is 0.502. The molecule has 1 aromatic heterocycles. The molecule has 4 nitrogen and oxygen atoms in total. The molecule has 0 unspecified atom stereocenters. The number of aryl methyl sites for hydroxylation is 1. The molecule has 0 spiro atoms. The average Bonchev–Trinajstić information content (AvgIpc) is 1.88. The molecule has 1 rings (SSSR count). The molecular formula is C5H7N3O. The summed E-state index contributed by atoms with van der Waals surface area (Å²) in [6.45, 7) is 1.83. The molecule has 9 heavy (non-hydrogen) atoms. The Balaban J connectivity index is 2.94. The first-order valence-electron chi connectivity index (χ1n) is 2.54. The van der Waals surface area contributed by atoms with E-state index in [1.54, 1.807) is 13.2 Å². The summed E-state index contributed by atoms with van der Waals surface area (Å²) in [7, 11) is 1.55. The van der Waals surface area contributed by atoms with Gasteiger partial charge in [0.2, 0.25) is 5.88 Å². The standard InChI is InChI=1S/C5H7N3O/c1-4-3-5(9-2)7-8-6-4/h3H,1-2H3. The molecule has 1 heterocycles. The number of hydrogen-bond acceptors (Lipinski definition) is 4. The van der Waals surface area contributed by atoms with Crippen LogP contribution in [0, 0.1) is 6.92 Å². The first-order valence-corrected chi connectivity index (χ1v) is 2.54. The highest BCUT2D eigenvalue weighted by Crippen LogP contribution is 2.01. The first-order chi connectivity index (χ1) is 4.33. The third-order valence-corrected chi connectivity index (χ3v) is 0.887. The van der Waals surface area contributed by atoms with Crippen LogP contribution >= 0.6 is 0 Å². The summed E-state index contributed by atoms with van der Waals surface area (Å²) in [6, 6.07) is 1.72. The fraction of sp³-hybridized carbons (Fsp3) is 0.400. The Morgan fingerprint density at radius 3 is 2.67 bits per heavy atom. The van der Waals surface area contributed by atoms with Crippen molar-refractivity contribution in [2.75, 3.05) is 7.11 Å². The van der Waals surface area contributed by atoms with E-state index in [0.717, 1.165) is 5.69 Å². The summed E-state index contributed by atoms with van der Waals surface area (Å²) in [5, 5.41) is 10.7. The van der Waals surface area contributed by atoms with Gasteiger partial charge in [0.05, 0.1) is 12.8 Å². The van der Waals surface area contributed by atoms with Gasteiger partial charge in [-0.25, -0.2) is 0 Å². The lowest BCUT2D eigenvalue weighted by molar-refractivity contribution is 0.388. The summed E-state index contributed by atoms with van der Waals surface area (Å²) in [4.78, 5) is 0. The van der Waals surface area contributed by atoms with Gasteiger partial charge in [0.25, 0.3) is 0 Å². The molecule has 0 radical (unpaired) electrons. The Morgan fingerprint density at radius 2 is 2.22 bits per heavy atom. The van der Waals surface area contributed by atoms with E-state index in [9.17, 15) is 0 Å². The van der Waals surface area contributed by atoms with E-state index in [-0.39, 0.29) is 0 Å². The van der Waals surface area contributed by atoms with Crippen LogP contribution in [-0.4, -0.2) is 22.5 Å². The fourth-order valence-electron chi connectivity index (χ4n) is 0.473. The van der Waals surface area contributed by atoms with Gasteiger partial charge >= 0.3 is 0 Å². The van der Waals surface area contributed by atoms with Crippen molar-refractivity contribution in [2.24, 2.45) is 0 Å². The van der Waals surface area contributed by atoms with Crippen LogP contribution in [0.25, 0.3) is 0 Å². The van der Waals surface area contributed by atoms with Crippen LogP contribution in [0.1, 0.15) is 5.69 Å². The van der Waals surface area contributed by atoms with Crippen LogP contribution in [0.2, 0.25) is 0 Å². The summed E-state index contributed by atoms with van der Waals surface area (Å²) in [5.74, 6) is 0.502. The van der Waals surface area contributed by atoms with Crippen LogP contribution in [0.3, 0.4) is 0 Å². The predicted octanol–water partition coefficient (Wildman–Crippen LogP) is 0.189. The molecule has 0 fully saturated rings. The minimum Gasteiger partial charge on any atom is -0.480 e. The Labute approximate surface area is 52.9 Å². The van der Waals surface area contributed by atoms with Crippen molar-refractivity contribution in [2.45, 2.75) is 6.92 Å². The van der Waals surface area contributed by atoms with Gasteiger partial charge in [-0.3, -0.25) is 0 Å². The lowest BCUT2D eigenvalue weighted by atomic mass is 10.5. The zero-order valence-corrected chi connectivity index (χ0v) is 5.33. The molecule has 0 saturated heterocycles. The van der Waals surface area contributed by atoms with Crippen molar-refractivity contribution < 1.29 is 4.74 Å². The monoisotopic (exact) mass is 125 g/mol. The highest BCUT2D eigenvalue weighted by atomic mass is 16.5. The molecule has 48 valence electrons. The molecular weight excluding hydrogens is 118 g/mol. The van der Waals surface area contributed by atoms with Crippen molar-refractivity contribution in [3.05, 3.63) is 11.8 Å². The number of aromatic nitrogens is 3. The average molecular weight is 125 g/mol. The molecule has 0 bridgehead atoms. The normalized spacial score (nSPS) is 9.11. The van der Waals surface area contributed by atoms with E-state index in [2.05, 4.69) is 15.4 Å². The Hall–Kier alpha value is -1.19. The summed E-state index contributed by atoms with van der Waals surface area (Å²) in [5.41, 5.74) is 0.807. The smallest absolute Gasteiger partial charge is 0.236 e. The molecule has 0 atom stereocenters. The summed E-state index contributed by atoms with van der Waals surface area (Å²) >= 11 is 0. The maximum absolute atomic E-state index is 4.78. The van der Waals surface area contributed by atoms with E-state index in [1.165, 1.54) is 0 Å². The molecule has 0 aliphatic rings. The minimum atomic E-state index is 0.502. The van der Waals surface area contributed by atoms with Gasteiger partial charge in [-0.2, -0.15) is 0 Å². The van der Waals surface area contributed by atoms with Gasteiger partial charge < -0.3 is 4.74 Å². The summed E-state index contributed by atoms with van der Waals surface area (Å²) < 4.78 is 4.78. The second kappa shape index (κ2) is 2.39. The Bertz CT molecular complexity index is 201. The molecule has 0 aliphatic carbocycles. The van der Waals surface area contributed by atoms with Crippen LogP contribution in [0.4, 0.5) is 0 Å². The summed E-state index contributed by atoms with van der Waals surface area (Å²) in [6.07, 6.45) is 0. The van der Waals surface area contributed by atoms with E-state index in [0.29, 0.717) is 5.88 Å². The zero-order chi connectivity index (χ0) is 6.69. The molecule has 0 aliphatic heterocycles. The topological polar surface area (TPSA) is 47.9 Å².